The lowest BCUT2D eigenvalue weighted by Crippen LogP contribution is -2.55. The zero-order valence-corrected chi connectivity index (χ0v) is 16.9. The fourth-order valence-electron chi connectivity index (χ4n) is 3.72. The summed E-state index contributed by atoms with van der Waals surface area (Å²) in [5.41, 5.74) is 1.16. The standard InChI is InChI=1S/C18H24N6O3S/c1-22(2)17(26)19-9-13-14-10-27-18(12-24(14)21-20-13)6-4-7-23(11-18)16(25)15-5-3-8-28-15/h3,5,8H,4,6-7,9-12H2,1-2H3,(H,19,26). The SMILES string of the molecule is CN(C)C(=O)NCc1nnn2c1COC1(CCCN(C(=O)c3cccs3)C1)C2. The van der Waals surface area contributed by atoms with Crippen molar-refractivity contribution in [1.82, 2.24) is 30.1 Å². The molecule has 2 aromatic rings. The van der Waals surface area contributed by atoms with E-state index in [4.69, 9.17) is 4.74 Å². The summed E-state index contributed by atoms with van der Waals surface area (Å²) in [4.78, 5) is 28.6. The number of thiophene rings is 1. The molecule has 1 N–H and O–H groups in total. The lowest BCUT2D eigenvalue weighted by atomic mass is 9.91. The number of carbonyl (C=O) groups is 2. The third-order valence-electron chi connectivity index (χ3n) is 5.24. The average molecular weight is 404 g/mol. The predicted molar refractivity (Wildman–Crippen MR) is 103 cm³/mol. The number of amides is 3. The van der Waals surface area contributed by atoms with Crippen LogP contribution in [0.3, 0.4) is 0 Å². The number of ether oxygens (including phenoxy) is 1. The normalized spacial score (nSPS) is 21.4. The van der Waals surface area contributed by atoms with Crippen LogP contribution < -0.4 is 5.32 Å². The van der Waals surface area contributed by atoms with Gasteiger partial charge in [0.1, 0.15) is 11.3 Å². The van der Waals surface area contributed by atoms with Gasteiger partial charge in [-0.1, -0.05) is 11.3 Å². The molecule has 0 aromatic carbocycles. The van der Waals surface area contributed by atoms with E-state index in [9.17, 15) is 9.59 Å². The van der Waals surface area contributed by atoms with E-state index in [1.165, 1.54) is 16.2 Å². The summed E-state index contributed by atoms with van der Waals surface area (Å²) in [5, 5.41) is 13.2. The number of aromatic nitrogens is 3. The van der Waals surface area contributed by atoms with Crippen LogP contribution in [0.25, 0.3) is 0 Å². The van der Waals surface area contributed by atoms with E-state index in [1.54, 1.807) is 14.1 Å². The van der Waals surface area contributed by atoms with Crippen molar-refractivity contribution in [3.05, 3.63) is 33.8 Å². The molecular weight excluding hydrogens is 380 g/mol. The van der Waals surface area contributed by atoms with Gasteiger partial charge in [0.15, 0.2) is 0 Å². The van der Waals surface area contributed by atoms with E-state index in [0.717, 1.165) is 30.0 Å². The van der Waals surface area contributed by atoms with Crippen molar-refractivity contribution in [3.63, 3.8) is 0 Å². The molecule has 3 amide bonds. The highest BCUT2D eigenvalue weighted by molar-refractivity contribution is 7.12. The molecule has 0 aliphatic carbocycles. The van der Waals surface area contributed by atoms with Crippen LogP contribution in [0.5, 0.6) is 0 Å². The Balaban J connectivity index is 1.44. The van der Waals surface area contributed by atoms with Crippen LogP contribution >= 0.6 is 11.3 Å². The molecule has 1 saturated heterocycles. The third kappa shape index (κ3) is 3.61. The minimum absolute atomic E-state index is 0.0640. The zero-order chi connectivity index (χ0) is 19.7. The van der Waals surface area contributed by atoms with Gasteiger partial charge in [-0.25, -0.2) is 9.48 Å². The lowest BCUT2D eigenvalue weighted by molar-refractivity contribution is -0.122. The Morgan fingerprint density at radius 1 is 1.39 bits per heavy atom. The van der Waals surface area contributed by atoms with Crippen LogP contribution in [0.15, 0.2) is 17.5 Å². The number of nitrogens with one attached hydrogen (secondary N) is 1. The van der Waals surface area contributed by atoms with Crippen molar-refractivity contribution in [2.45, 2.75) is 38.1 Å². The van der Waals surface area contributed by atoms with Gasteiger partial charge in [-0.05, 0) is 24.3 Å². The highest BCUT2D eigenvalue weighted by atomic mass is 32.1. The van der Waals surface area contributed by atoms with Crippen LogP contribution in [-0.2, 0) is 24.4 Å². The number of hydrogen-bond donors (Lipinski definition) is 1. The van der Waals surface area contributed by atoms with Crippen LogP contribution in [0.2, 0.25) is 0 Å². The molecule has 0 saturated carbocycles. The van der Waals surface area contributed by atoms with Crippen LogP contribution in [0.1, 0.15) is 33.9 Å². The second kappa shape index (κ2) is 7.51. The quantitative estimate of drug-likeness (QED) is 0.833. The topological polar surface area (TPSA) is 92.6 Å². The second-order valence-corrected chi connectivity index (χ2v) is 8.42. The Labute approximate surface area is 167 Å². The largest absolute Gasteiger partial charge is 0.365 e. The molecule has 10 heteroatoms. The van der Waals surface area contributed by atoms with Gasteiger partial charge in [-0.15, -0.1) is 16.4 Å². The van der Waals surface area contributed by atoms with E-state index < -0.39 is 5.60 Å². The highest BCUT2D eigenvalue weighted by Gasteiger charge is 2.42. The first-order chi connectivity index (χ1) is 13.5. The van der Waals surface area contributed by atoms with Crippen molar-refractivity contribution >= 4 is 23.3 Å². The van der Waals surface area contributed by atoms with Crippen molar-refractivity contribution in [1.29, 1.82) is 0 Å². The van der Waals surface area contributed by atoms with Crippen molar-refractivity contribution in [2.75, 3.05) is 27.2 Å². The van der Waals surface area contributed by atoms with Gasteiger partial charge in [0.25, 0.3) is 5.91 Å². The summed E-state index contributed by atoms with van der Waals surface area (Å²) in [6, 6.07) is 3.58. The molecule has 2 aliphatic rings. The van der Waals surface area contributed by atoms with Crippen LogP contribution in [-0.4, -0.2) is 69.5 Å². The molecule has 1 atom stereocenters. The van der Waals surface area contributed by atoms with E-state index >= 15 is 0 Å². The monoisotopic (exact) mass is 404 g/mol. The maximum atomic E-state index is 12.7. The van der Waals surface area contributed by atoms with Gasteiger partial charge in [-0.2, -0.15) is 0 Å². The summed E-state index contributed by atoms with van der Waals surface area (Å²) < 4.78 is 8.13. The third-order valence-corrected chi connectivity index (χ3v) is 6.10. The lowest BCUT2D eigenvalue weighted by Gasteiger charge is -2.44. The number of hydrogen-bond acceptors (Lipinski definition) is 6. The zero-order valence-electron chi connectivity index (χ0n) is 16.1. The minimum Gasteiger partial charge on any atom is -0.365 e. The summed E-state index contributed by atoms with van der Waals surface area (Å²) >= 11 is 1.46. The van der Waals surface area contributed by atoms with Crippen molar-refractivity contribution in [3.8, 4) is 0 Å². The molecule has 4 heterocycles. The fourth-order valence-corrected chi connectivity index (χ4v) is 4.41. The summed E-state index contributed by atoms with van der Waals surface area (Å²) in [6.45, 7) is 2.54. The smallest absolute Gasteiger partial charge is 0.317 e. The molecule has 1 spiro atoms. The number of rotatable bonds is 3. The summed E-state index contributed by atoms with van der Waals surface area (Å²) in [7, 11) is 3.38. The Morgan fingerprint density at radius 2 is 2.25 bits per heavy atom. The number of likely N-dealkylation sites (tertiary alicyclic amines) is 1. The Morgan fingerprint density at radius 3 is 3.00 bits per heavy atom. The van der Waals surface area contributed by atoms with E-state index in [0.29, 0.717) is 31.9 Å². The summed E-state index contributed by atoms with van der Waals surface area (Å²) in [6.07, 6.45) is 1.78. The molecule has 2 aliphatic heterocycles. The van der Waals surface area contributed by atoms with Gasteiger partial charge >= 0.3 is 6.03 Å². The molecule has 1 unspecified atom stereocenters. The van der Waals surface area contributed by atoms with Crippen LogP contribution in [0, 0.1) is 0 Å². The molecule has 9 nitrogen and oxygen atoms in total. The molecule has 2 aromatic heterocycles. The molecule has 4 rings (SSSR count). The number of piperidine rings is 1. The Hall–Kier alpha value is -2.46. The summed E-state index contributed by atoms with van der Waals surface area (Å²) in [5.74, 6) is 0.0640. The maximum Gasteiger partial charge on any atom is 0.317 e. The number of fused-ring (bicyclic) bond motifs is 1. The second-order valence-electron chi connectivity index (χ2n) is 7.47. The molecule has 1 fully saturated rings. The fraction of sp³-hybridized carbons (Fsp3) is 0.556. The molecule has 28 heavy (non-hydrogen) atoms. The minimum atomic E-state index is -0.435. The first-order valence-electron chi connectivity index (χ1n) is 9.31. The van der Waals surface area contributed by atoms with Gasteiger partial charge < -0.3 is 19.9 Å². The van der Waals surface area contributed by atoms with Crippen molar-refractivity contribution < 1.29 is 14.3 Å². The Kier molecular flexibility index (Phi) is 5.07. The first-order valence-corrected chi connectivity index (χ1v) is 10.2. The van der Waals surface area contributed by atoms with Crippen LogP contribution in [0.4, 0.5) is 4.79 Å². The molecular formula is C18H24N6O3S. The Bertz CT molecular complexity index is 865. The highest BCUT2D eigenvalue weighted by Crippen LogP contribution is 2.33. The average Bonchev–Trinajstić information content (AvgIpc) is 3.35. The molecule has 0 radical (unpaired) electrons. The first kappa shape index (κ1) is 18.9. The van der Waals surface area contributed by atoms with E-state index in [2.05, 4.69) is 15.6 Å². The maximum absolute atomic E-state index is 12.7. The van der Waals surface area contributed by atoms with Gasteiger partial charge in [-0.3, -0.25) is 4.79 Å². The van der Waals surface area contributed by atoms with Gasteiger partial charge in [0.2, 0.25) is 0 Å². The van der Waals surface area contributed by atoms with E-state index in [1.807, 2.05) is 27.1 Å². The van der Waals surface area contributed by atoms with Gasteiger partial charge in [0.05, 0.1) is 36.8 Å². The predicted octanol–water partition coefficient (Wildman–Crippen LogP) is 1.32. The van der Waals surface area contributed by atoms with Crippen molar-refractivity contribution in [2.24, 2.45) is 0 Å². The van der Waals surface area contributed by atoms with Gasteiger partial charge in [0, 0.05) is 20.6 Å². The number of carbonyl (C=O) groups excluding carboxylic acids is 2. The number of nitrogens with zero attached hydrogens (tertiary/aromatic N) is 5. The molecule has 150 valence electrons. The van der Waals surface area contributed by atoms with E-state index in [-0.39, 0.29) is 11.9 Å². The molecule has 0 bridgehead atoms. The number of urea groups is 1.